The van der Waals surface area contributed by atoms with E-state index in [9.17, 15) is 19.2 Å². The highest BCUT2D eigenvalue weighted by atomic mass is 16.5. The lowest BCUT2D eigenvalue weighted by Crippen LogP contribution is -1.98. The first kappa shape index (κ1) is 18.3. The molecular weight excluding hydrogens is 348 g/mol. The van der Waals surface area contributed by atoms with Crippen LogP contribution in [0.25, 0.3) is 0 Å². The maximum Gasteiger partial charge on any atom is 0.335 e. The summed E-state index contributed by atoms with van der Waals surface area (Å²) in [6.45, 7) is 0.253. The molecule has 0 unspecified atom stereocenters. The minimum absolute atomic E-state index is 0.0420. The molecule has 0 aliphatic heterocycles. The Hall–Kier alpha value is -4.08. The first-order valence-electron chi connectivity index (χ1n) is 6.82. The van der Waals surface area contributed by atoms with E-state index in [1.165, 1.54) is 24.3 Å². The van der Waals surface area contributed by atoms with E-state index in [0.717, 1.165) is 12.1 Å². The third kappa shape index (κ3) is 4.71. The summed E-state index contributed by atoms with van der Waals surface area (Å²) >= 11 is 0. The van der Waals surface area contributed by atoms with Gasteiger partial charge in [0.25, 0.3) is 12.9 Å². The Bertz CT molecular complexity index is 834. The van der Waals surface area contributed by atoms with Crippen LogP contribution in [-0.4, -0.2) is 35.1 Å². The van der Waals surface area contributed by atoms with Crippen LogP contribution in [-0.2, 0) is 9.59 Å². The van der Waals surface area contributed by atoms with Gasteiger partial charge in [0.05, 0.1) is 22.5 Å². The Morgan fingerprint density at radius 1 is 0.731 bits per heavy atom. The van der Waals surface area contributed by atoms with Crippen molar-refractivity contribution >= 4 is 36.3 Å². The normalized spacial score (nSPS) is 10.3. The molecule has 0 atom stereocenters. The number of aromatic carboxylic acids is 2. The fraction of sp³-hybridized carbons (Fsp3) is 0. The molecule has 0 saturated heterocycles. The van der Waals surface area contributed by atoms with Gasteiger partial charge in [0.15, 0.2) is 0 Å². The average molecular weight is 358 g/mol. The second-order valence-electron chi connectivity index (χ2n) is 4.67. The molecule has 0 fully saturated rings. The van der Waals surface area contributed by atoms with Crippen molar-refractivity contribution in [2.45, 2.75) is 0 Å². The summed E-state index contributed by atoms with van der Waals surface area (Å²) in [7, 11) is 0. The number of hydrogen-bond donors (Lipinski definition) is 2. The molecule has 0 spiro atoms. The van der Waals surface area contributed by atoms with Gasteiger partial charge in [-0.1, -0.05) is 0 Å². The van der Waals surface area contributed by atoms with Crippen molar-refractivity contribution in [3.05, 3.63) is 47.5 Å². The lowest BCUT2D eigenvalue weighted by molar-refractivity contribution is -0.121. The highest BCUT2D eigenvalue weighted by Gasteiger charge is 2.10. The summed E-state index contributed by atoms with van der Waals surface area (Å²) in [4.78, 5) is 43.0. The third-order valence-corrected chi connectivity index (χ3v) is 2.93. The molecule has 2 rings (SSSR count). The average Bonchev–Trinajstić information content (AvgIpc) is 2.60. The van der Waals surface area contributed by atoms with Crippen LogP contribution in [0.2, 0.25) is 0 Å². The van der Waals surface area contributed by atoms with E-state index >= 15 is 0 Å². The highest BCUT2D eigenvalue weighted by molar-refractivity contribution is 5.90. The fourth-order valence-corrected chi connectivity index (χ4v) is 1.89. The largest absolute Gasteiger partial charge is 0.478 e. The van der Waals surface area contributed by atoms with Crippen LogP contribution in [0.5, 0.6) is 11.5 Å². The minimum Gasteiger partial charge on any atom is -0.478 e. The lowest BCUT2D eigenvalue weighted by Gasteiger charge is -2.03. The van der Waals surface area contributed by atoms with E-state index in [0.29, 0.717) is 0 Å². The fourth-order valence-electron chi connectivity index (χ4n) is 1.89. The van der Waals surface area contributed by atoms with Gasteiger partial charge in [0, 0.05) is 12.1 Å². The van der Waals surface area contributed by atoms with Crippen LogP contribution in [0.4, 0.5) is 11.4 Å². The van der Waals surface area contributed by atoms with Gasteiger partial charge in [-0.15, -0.1) is 0 Å². The zero-order valence-electron chi connectivity index (χ0n) is 12.9. The standard InChI is InChI=1S/C16H10N2O8/c19-7-25-13-3-9(15(21)22)1-11(5-13)17-18-12-2-10(16(23)24)4-14(6-12)26-8-20/h1-8H,(H,21,22)(H,23,24)/b18-17+. The summed E-state index contributed by atoms with van der Waals surface area (Å²) in [5.74, 6) is -2.66. The molecular formula is C16H10N2O8. The molecule has 10 nitrogen and oxygen atoms in total. The lowest BCUT2D eigenvalue weighted by atomic mass is 10.2. The second-order valence-corrected chi connectivity index (χ2v) is 4.67. The highest BCUT2D eigenvalue weighted by Crippen LogP contribution is 2.28. The van der Waals surface area contributed by atoms with Crippen LogP contribution < -0.4 is 9.47 Å². The molecule has 0 radical (unpaired) electrons. The number of carbonyl (C=O) groups is 4. The molecule has 2 aromatic rings. The number of ether oxygens (including phenoxy) is 2. The predicted octanol–water partition coefficient (Wildman–Crippen LogP) is 2.57. The van der Waals surface area contributed by atoms with Crippen molar-refractivity contribution in [1.29, 1.82) is 0 Å². The van der Waals surface area contributed by atoms with Crippen LogP contribution in [0, 0.1) is 0 Å². The van der Waals surface area contributed by atoms with Gasteiger partial charge in [-0.05, 0) is 24.3 Å². The number of rotatable bonds is 8. The van der Waals surface area contributed by atoms with Gasteiger partial charge < -0.3 is 19.7 Å². The van der Waals surface area contributed by atoms with Crippen LogP contribution in [0.15, 0.2) is 46.6 Å². The van der Waals surface area contributed by atoms with E-state index < -0.39 is 11.9 Å². The van der Waals surface area contributed by atoms with Crippen LogP contribution in [0.1, 0.15) is 20.7 Å². The number of carboxylic acid groups (broad SMARTS) is 2. The van der Waals surface area contributed by atoms with Crippen molar-refractivity contribution in [1.82, 2.24) is 0 Å². The van der Waals surface area contributed by atoms with Crippen LogP contribution in [0.3, 0.4) is 0 Å². The number of carbonyl (C=O) groups excluding carboxylic acids is 2. The minimum atomic E-state index is -1.27. The Morgan fingerprint density at radius 2 is 1.12 bits per heavy atom. The first-order valence-corrected chi connectivity index (χ1v) is 6.82. The number of nitrogens with zero attached hydrogens (tertiary/aromatic N) is 2. The number of hydrogen-bond acceptors (Lipinski definition) is 8. The summed E-state index contributed by atoms with van der Waals surface area (Å²) in [5.41, 5.74) is -0.300. The molecule has 2 aromatic carbocycles. The molecule has 0 saturated carbocycles. The Morgan fingerprint density at radius 3 is 1.42 bits per heavy atom. The topological polar surface area (TPSA) is 152 Å². The molecule has 0 bridgehead atoms. The van der Waals surface area contributed by atoms with Crippen molar-refractivity contribution in [2.75, 3.05) is 0 Å². The van der Waals surface area contributed by atoms with E-state index in [1.54, 1.807) is 0 Å². The monoisotopic (exact) mass is 358 g/mol. The van der Waals surface area contributed by atoms with Gasteiger partial charge in [0.1, 0.15) is 11.5 Å². The number of azo groups is 1. The zero-order chi connectivity index (χ0) is 19.1. The SMILES string of the molecule is O=COc1cc(/N=N/c2cc(OC=O)cc(C(=O)O)c2)cc(C(=O)O)c1. The summed E-state index contributed by atoms with van der Waals surface area (Å²) in [6.07, 6.45) is 0. The van der Waals surface area contributed by atoms with Gasteiger partial charge in [-0.25, -0.2) is 9.59 Å². The molecule has 0 aliphatic carbocycles. The van der Waals surface area contributed by atoms with Crippen molar-refractivity contribution in [2.24, 2.45) is 10.2 Å². The molecule has 26 heavy (non-hydrogen) atoms. The van der Waals surface area contributed by atoms with E-state index in [4.69, 9.17) is 10.2 Å². The summed E-state index contributed by atoms with van der Waals surface area (Å²) in [6, 6.07) is 7.11. The third-order valence-electron chi connectivity index (χ3n) is 2.93. The molecule has 0 amide bonds. The molecule has 132 valence electrons. The number of carboxylic acids is 2. The van der Waals surface area contributed by atoms with E-state index in [1.807, 2.05) is 0 Å². The van der Waals surface area contributed by atoms with Crippen molar-refractivity contribution in [3.8, 4) is 11.5 Å². The van der Waals surface area contributed by atoms with Gasteiger partial charge in [-0.3, -0.25) is 9.59 Å². The number of benzene rings is 2. The van der Waals surface area contributed by atoms with Crippen molar-refractivity contribution in [3.63, 3.8) is 0 Å². The smallest absolute Gasteiger partial charge is 0.335 e. The van der Waals surface area contributed by atoms with Crippen LogP contribution >= 0.6 is 0 Å². The Labute approximate surface area is 145 Å². The molecule has 2 N–H and O–H groups in total. The molecule has 0 heterocycles. The first-order chi connectivity index (χ1) is 12.4. The zero-order valence-corrected chi connectivity index (χ0v) is 12.9. The predicted molar refractivity (Wildman–Crippen MR) is 84.4 cm³/mol. The molecule has 0 aliphatic rings. The molecule has 10 heteroatoms. The maximum atomic E-state index is 11.1. The van der Waals surface area contributed by atoms with E-state index in [-0.39, 0.29) is 46.9 Å². The van der Waals surface area contributed by atoms with Crippen molar-refractivity contribution < 1.29 is 38.9 Å². The quantitative estimate of drug-likeness (QED) is 0.539. The van der Waals surface area contributed by atoms with Gasteiger partial charge in [-0.2, -0.15) is 10.2 Å². The summed E-state index contributed by atoms with van der Waals surface area (Å²) in [5, 5.41) is 25.7. The summed E-state index contributed by atoms with van der Waals surface area (Å²) < 4.78 is 9.22. The molecule has 0 aromatic heterocycles. The maximum absolute atomic E-state index is 11.1. The Kier molecular flexibility index (Phi) is 5.72. The Balaban J connectivity index is 2.42. The van der Waals surface area contributed by atoms with Gasteiger partial charge >= 0.3 is 11.9 Å². The van der Waals surface area contributed by atoms with Gasteiger partial charge in [0.2, 0.25) is 0 Å². The van der Waals surface area contributed by atoms with E-state index in [2.05, 4.69) is 19.7 Å². The second kappa shape index (κ2) is 8.15.